The number of nitrogens with one attached hydrogen (secondary N) is 3. The van der Waals surface area contributed by atoms with Gasteiger partial charge in [0.05, 0.1) is 10.6 Å². The van der Waals surface area contributed by atoms with Gasteiger partial charge in [-0.2, -0.15) is 0 Å². The van der Waals surface area contributed by atoms with Crippen LogP contribution in [0.25, 0.3) is 0 Å². The number of amidine groups is 1. The fourth-order valence-electron chi connectivity index (χ4n) is 2.80. The van der Waals surface area contributed by atoms with E-state index in [1.807, 2.05) is 13.8 Å². The number of carbonyl (C=O) groups excluding carboxylic acids is 1. The summed E-state index contributed by atoms with van der Waals surface area (Å²) in [5.74, 6) is -1.09. The second-order valence-electron chi connectivity index (χ2n) is 7.09. The van der Waals surface area contributed by atoms with Gasteiger partial charge in [-0.3, -0.25) is 19.3 Å². The minimum absolute atomic E-state index is 0.195. The maximum absolute atomic E-state index is 13.0. The number of carbonyl (C=O) groups is 1. The first-order chi connectivity index (χ1) is 14.2. The number of aliphatic hydroxyl groups excluding tert-OH is 1. The molecule has 0 fully saturated rings. The van der Waals surface area contributed by atoms with E-state index in [1.54, 1.807) is 35.7 Å². The average Bonchev–Trinajstić information content (AvgIpc) is 3.21. The Balaban J connectivity index is 2.04. The van der Waals surface area contributed by atoms with Crippen LogP contribution in [0, 0.1) is 11.3 Å². The fourth-order valence-corrected chi connectivity index (χ4v) is 4.64. The number of rotatable bonds is 7. The molecule has 1 aliphatic heterocycles. The first-order valence-electron chi connectivity index (χ1n) is 9.29. The molecule has 0 atom stereocenters. The van der Waals surface area contributed by atoms with Crippen LogP contribution in [0.4, 0.5) is 5.69 Å². The molecular formula is C20H24N4O4S2. The molecule has 0 radical (unpaired) electrons. The first-order valence-corrected chi connectivity index (χ1v) is 11.7. The third-order valence-electron chi connectivity index (χ3n) is 4.37. The second kappa shape index (κ2) is 9.00. The van der Waals surface area contributed by atoms with Crippen LogP contribution in [0.1, 0.15) is 25.1 Å². The molecule has 2 heterocycles. The van der Waals surface area contributed by atoms with E-state index >= 15 is 0 Å². The van der Waals surface area contributed by atoms with Crippen molar-refractivity contribution in [3.8, 4) is 0 Å². The lowest BCUT2D eigenvalue weighted by atomic mass is 10.1. The monoisotopic (exact) mass is 448 g/mol. The molecule has 1 amide bonds. The lowest BCUT2D eigenvalue weighted by molar-refractivity contribution is -0.117. The Morgan fingerprint density at radius 2 is 2.00 bits per heavy atom. The van der Waals surface area contributed by atoms with Gasteiger partial charge < -0.3 is 15.7 Å². The zero-order chi connectivity index (χ0) is 21.9. The van der Waals surface area contributed by atoms with Gasteiger partial charge in [0.15, 0.2) is 11.6 Å². The van der Waals surface area contributed by atoms with E-state index in [0.29, 0.717) is 23.0 Å². The SMILES string of the molecule is CC(C)CCNC(=O)/C(C1=NS(O)(O)c2ccccc2N1)=C(/O)C(=N)c1cccs1. The number of fused-ring (bicyclic) bond motifs is 1. The summed E-state index contributed by atoms with van der Waals surface area (Å²) in [6, 6.07) is 9.87. The summed E-state index contributed by atoms with van der Waals surface area (Å²) in [4.78, 5) is 13.6. The number of nitrogens with zero attached hydrogens (tertiary/aromatic N) is 1. The lowest BCUT2D eigenvalue weighted by Crippen LogP contribution is -2.35. The predicted octanol–water partition coefficient (Wildman–Crippen LogP) is 4.64. The highest BCUT2D eigenvalue weighted by Gasteiger charge is 2.32. The van der Waals surface area contributed by atoms with Crippen LogP contribution in [-0.4, -0.2) is 38.2 Å². The fraction of sp³-hybridized carbons (Fsp3) is 0.250. The summed E-state index contributed by atoms with van der Waals surface area (Å²) >= 11 is 1.24. The number of hydrogen-bond donors (Lipinski definition) is 6. The van der Waals surface area contributed by atoms with E-state index in [0.717, 1.165) is 6.42 Å². The third kappa shape index (κ3) is 4.73. The van der Waals surface area contributed by atoms with Crippen molar-refractivity contribution in [1.82, 2.24) is 5.32 Å². The van der Waals surface area contributed by atoms with Gasteiger partial charge in [0.25, 0.3) is 5.91 Å². The molecule has 0 spiro atoms. The number of anilines is 1. The van der Waals surface area contributed by atoms with Gasteiger partial charge in [-0.05, 0) is 35.9 Å². The number of aliphatic hydroxyl groups is 1. The molecule has 1 aromatic heterocycles. The van der Waals surface area contributed by atoms with Crippen molar-refractivity contribution in [2.75, 3.05) is 11.9 Å². The van der Waals surface area contributed by atoms with E-state index in [4.69, 9.17) is 5.41 Å². The van der Waals surface area contributed by atoms with Crippen molar-refractivity contribution in [3.63, 3.8) is 0 Å². The molecule has 160 valence electrons. The highest BCUT2D eigenvalue weighted by Crippen LogP contribution is 2.55. The summed E-state index contributed by atoms with van der Waals surface area (Å²) in [5.41, 5.74) is -0.198. The molecule has 0 aliphatic carbocycles. The standard InChI is InChI=1S/C20H24N4O4S2/c1-12(2)9-10-22-20(26)16(18(25)17(21)14-7-5-11-29-14)19-23-13-6-3-4-8-15(13)30(27,28)24-19/h3-8,11-12,21,25,27-28H,9-10H2,1-2H3,(H,22,26)(H,23,24)/b18-16+,21-17?. The number of thiophene rings is 1. The summed E-state index contributed by atoms with van der Waals surface area (Å²) in [6.07, 6.45) is 0.722. The van der Waals surface area contributed by atoms with Crippen LogP contribution < -0.4 is 10.6 Å². The van der Waals surface area contributed by atoms with Crippen LogP contribution in [0.15, 0.2) is 62.4 Å². The van der Waals surface area contributed by atoms with Gasteiger partial charge in [0.1, 0.15) is 16.2 Å². The Hall–Kier alpha value is -2.66. The maximum atomic E-state index is 13.0. The van der Waals surface area contributed by atoms with Crippen LogP contribution in [0.5, 0.6) is 0 Å². The molecule has 10 heteroatoms. The molecular weight excluding hydrogens is 424 g/mol. The average molecular weight is 449 g/mol. The van der Waals surface area contributed by atoms with Gasteiger partial charge in [0.2, 0.25) is 0 Å². The molecule has 30 heavy (non-hydrogen) atoms. The van der Waals surface area contributed by atoms with Crippen molar-refractivity contribution < 1.29 is 19.0 Å². The van der Waals surface area contributed by atoms with Gasteiger partial charge >= 0.3 is 0 Å². The number of para-hydroxylation sites is 1. The molecule has 1 aromatic carbocycles. The summed E-state index contributed by atoms with van der Waals surface area (Å²) < 4.78 is 24.9. The summed E-state index contributed by atoms with van der Waals surface area (Å²) in [5, 5.41) is 26.5. The molecule has 8 nitrogen and oxygen atoms in total. The van der Waals surface area contributed by atoms with E-state index in [2.05, 4.69) is 15.0 Å². The number of allylic oxidation sites excluding steroid dienone is 1. The Labute approximate surface area is 180 Å². The molecule has 0 saturated heterocycles. The smallest absolute Gasteiger partial charge is 0.258 e. The van der Waals surface area contributed by atoms with Crippen molar-refractivity contribution in [2.24, 2.45) is 10.3 Å². The number of benzene rings is 1. The molecule has 3 rings (SSSR count). The minimum atomic E-state index is -3.58. The second-order valence-corrected chi connectivity index (χ2v) is 9.70. The predicted molar refractivity (Wildman–Crippen MR) is 122 cm³/mol. The Bertz CT molecular complexity index is 1010. The normalized spacial score (nSPS) is 16.6. The van der Waals surface area contributed by atoms with Crippen molar-refractivity contribution in [1.29, 1.82) is 5.41 Å². The molecule has 6 N–H and O–H groups in total. The van der Waals surface area contributed by atoms with Gasteiger partial charge in [0, 0.05) is 6.54 Å². The van der Waals surface area contributed by atoms with E-state index in [9.17, 15) is 19.0 Å². The zero-order valence-corrected chi connectivity index (χ0v) is 18.2. The van der Waals surface area contributed by atoms with Crippen LogP contribution in [-0.2, 0) is 4.79 Å². The van der Waals surface area contributed by atoms with Gasteiger partial charge in [-0.15, -0.1) is 15.7 Å². The lowest BCUT2D eigenvalue weighted by Gasteiger charge is -2.34. The number of amides is 1. The highest BCUT2D eigenvalue weighted by molar-refractivity contribution is 8.23. The Kier molecular flexibility index (Phi) is 6.61. The maximum Gasteiger partial charge on any atom is 0.258 e. The molecule has 0 unspecified atom stereocenters. The number of hydrogen-bond acceptors (Lipinski definition) is 8. The Morgan fingerprint density at radius 1 is 1.27 bits per heavy atom. The summed E-state index contributed by atoms with van der Waals surface area (Å²) in [6.45, 7) is 4.40. The topological polar surface area (TPSA) is 138 Å². The van der Waals surface area contributed by atoms with Crippen LogP contribution in [0.2, 0.25) is 0 Å². The van der Waals surface area contributed by atoms with Crippen molar-refractivity contribution in [3.05, 3.63) is 58.0 Å². The molecule has 1 aliphatic rings. The van der Waals surface area contributed by atoms with Crippen LogP contribution in [0.3, 0.4) is 0 Å². The third-order valence-corrected chi connectivity index (χ3v) is 6.64. The van der Waals surface area contributed by atoms with E-state index < -0.39 is 22.4 Å². The van der Waals surface area contributed by atoms with Crippen molar-refractivity contribution >= 4 is 45.3 Å². The Morgan fingerprint density at radius 3 is 2.67 bits per heavy atom. The summed E-state index contributed by atoms with van der Waals surface area (Å²) in [7, 11) is -3.58. The molecule has 0 saturated carbocycles. The zero-order valence-electron chi connectivity index (χ0n) is 16.5. The van der Waals surface area contributed by atoms with Gasteiger partial charge in [-0.1, -0.05) is 42.8 Å². The minimum Gasteiger partial charge on any atom is -0.505 e. The molecule has 0 bridgehead atoms. The van der Waals surface area contributed by atoms with Crippen molar-refractivity contribution in [2.45, 2.75) is 25.2 Å². The first kappa shape index (κ1) is 22.0. The molecule has 2 aromatic rings. The van der Waals surface area contributed by atoms with Crippen LogP contribution >= 0.6 is 22.1 Å². The largest absolute Gasteiger partial charge is 0.505 e. The quantitative estimate of drug-likeness (QED) is 0.208. The highest BCUT2D eigenvalue weighted by atomic mass is 32.3. The van der Waals surface area contributed by atoms with E-state index in [1.165, 1.54) is 17.4 Å². The van der Waals surface area contributed by atoms with E-state index in [-0.39, 0.29) is 22.0 Å². The van der Waals surface area contributed by atoms with Gasteiger partial charge in [-0.25, -0.2) is 0 Å².